The molecule has 1 unspecified atom stereocenters. The first-order valence-electron chi connectivity index (χ1n) is 9.95. The predicted molar refractivity (Wildman–Crippen MR) is 120 cm³/mol. The molecule has 0 saturated heterocycles. The monoisotopic (exact) mass is 445 g/mol. The van der Waals surface area contributed by atoms with Gasteiger partial charge in [-0.2, -0.15) is 5.09 Å². The molecule has 31 heavy (non-hydrogen) atoms. The first kappa shape index (κ1) is 22.9. The van der Waals surface area contributed by atoms with Crippen molar-refractivity contribution < 1.29 is 23.1 Å². The average molecular weight is 445 g/mol. The van der Waals surface area contributed by atoms with Gasteiger partial charge in [0, 0.05) is 23.6 Å². The lowest BCUT2D eigenvalue weighted by Crippen LogP contribution is -2.35. The zero-order chi connectivity index (χ0) is 22.4. The number of carbonyl (C=O) groups is 1. The van der Waals surface area contributed by atoms with Crippen LogP contribution in [-0.2, 0) is 20.5 Å². The minimum Gasteiger partial charge on any atom is -0.468 e. The Labute approximate surface area is 182 Å². The summed E-state index contributed by atoms with van der Waals surface area (Å²) in [6, 6.07) is 13.2. The molecule has 1 aromatic heterocycles. The normalized spacial score (nSPS) is 14.2. The molecule has 166 valence electrons. The van der Waals surface area contributed by atoms with E-state index < -0.39 is 19.8 Å². The van der Waals surface area contributed by atoms with Crippen molar-refractivity contribution in [3.63, 3.8) is 0 Å². The number of aromatic amines is 1. The summed E-state index contributed by atoms with van der Waals surface area (Å²) in [5.41, 5.74) is 1.89. The quantitative estimate of drug-likeness (QED) is 0.360. The third-order valence-corrected chi connectivity index (χ3v) is 6.26. The first-order valence-corrected chi connectivity index (χ1v) is 11.5. The molecule has 3 rings (SSSR count). The summed E-state index contributed by atoms with van der Waals surface area (Å²) < 4.78 is 30.2. The van der Waals surface area contributed by atoms with Gasteiger partial charge in [0.1, 0.15) is 17.5 Å². The Balaban J connectivity index is 1.96. The zero-order valence-electron chi connectivity index (χ0n) is 18.1. The van der Waals surface area contributed by atoms with Crippen molar-refractivity contribution in [1.82, 2.24) is 15.0 Å². The molecule has 0 saturated carbocycles. The summed E-state index contributed by atoms with van der Waals surface area (Å²) in [7, 11) is 1.28. The molecule has 3 aromatic rings. The van der Waals surface area contributed by atoms with Crippen LogP contribution in [0.1, 0.15) is 12.5 Å². The Hall–Kier alpha value is -2.80. The molecule has 0 aliphatic rings. The number of carbonyl (C=O) groups excluding carboxylic acids is 1. The fourth-order valence-electron chi connectivity index (χ4n) is 3.12. The molecule has 0 amide bonds. The van der Waals surface area contributed by atoms with E-state index in [0.29, 0.717) is 11.5 Å². The largest absolute Gasteiger partial charge is 0.513 e. The van der Waals surface area contributed by atoms with Gasteiger partial charge in [0.15, 0.2) is 0 Å². The maximum atomic E-state index is 13.7. The molecule has 0 radical (unpaired) electrons. The van der Waals surface area contributed by atoms with Crippen LogP contribution in [0, 0.1) is 0 Å². The number of esters is 1. The van der Waals surface area contributed by atoms with Crippen LogP contribution in [0.15, 0.2) is 54.7 Å². The van der Waals surface area contributed by atoms with Crippen molar-refractivity contribution in [3.05, 3.63) is 60.3 Å². The van der Waals surface area contributed by atoms with Crippen LogP contribution in [0.4, 0.5) is 0 Å². The number of nitrogens with zero attached hydrogens (tertiary/aromatic N) is 1. The zero-order valence-corrected chi connectivity index (χ0v) is 19.0. The molecule has 0 aliphatic carbocycles. The summed E-state index contributed by atoms with van der Waals surface area (Å²) in [5, 5.41) is 3.51. The summed E-state index contributed by atoms with van der Waals surface area (Å²) in [6.45, 7) is 2.38. The number of benzene rings is 2. The lowest BCUT2D eigenvalue weighted by atomic mass is 10.1. The standard InChI is InChI=1S/C22H28N3O5P/c1-16(22(26)28-4)24-31(27,29-18-9-6-5-7-10-18)30-20-12-8-11-19-21(20)17(15-23-19)13-14-25(2)3/h5-12,15-16,23H,13-14H2,1-4H3,(H,24,27)/t16-,31?/m0/s1. The Morgan fingerprint density at radius 3 is 2.55 bits per heavy atom. The highest BCUT2D eigenvalue weighted by atomic mass is 31.2. The van der Waals surface area contributed by atoms with Crippen molar-refractivity contribution in [3.8, 4) is 11.5 Å². The molecule has 2 aromatic carbocycles. The summed E-state index contributed by atoms with van der Waals surface area (Å²) >= 11 is 0. The molecule has 2 atom stereocenters. The van der Waals surface area contributed by atoms with Gasteiger partial charge < -0.3 is 23.7 Å². The molecule has 0 bridgehead atoms. The van der Waals surface area contributed by atoms with E-state index in [-0.39, 0.29) is 0 Å². The number of methoxy groups -OCH3 is 1. The van der Waals surface area contributed by atoms with Gasteiger partial charge in [0.05, 0.1) is 7.11 Å². The van der Waals surface area contributed by atoms with Gasteiger partial charge in [-0.3, -0.25) is 4.79 Å². The second-order valence-electron chi connectivity index (χ2n) is 7.41. The molecule has 0 aliphatic heterocycles. The van der Waals surface area contributed by atoms with Crippen molar-refractivity contribution in [2.45, 2.75) is 19.4 Å². The lowest BCUT2D eigenvalue weighted by molar-refractivity contribution is -0.142. The van der Waals surface area contributed by atoms with Crippen LogP contribution in [0.3, 0.4) is 0 Å². The molecular formula is C22H28N3O5P. The highest BCUT2D eigenvalue weighted by molar-refractivity contribution is 7.52. The average Bonchev–Trinajstić information content (AvgIpc) is 3.16. The maximum Gasteiger partial charge on any atom is 0.513 e. The van der Waals surface area contributed by atoms with E-state index in [4.69, 9.17) is 13.8 Å². The minimum absolute atomic E-state index is 0.351. The SMILES string of the molecule is COC(=O)[C@H](C)NP(=O)(Oc1ccccc1)Oc1cccc2[nH]cc(CCN(C)C)c12. The van der Waals surface area contributed by atoms with Crippen LogP contribution in [-0.4, -0.2) is 49.6 Å². The highest BCUT2D eigenvalue weighted by Crippen LogP contribution is 2.47. The number of aromatic nitrogens is 1. The van der Waals surface area contributed by atoms with Crippen LogP contribution in [0.2, 0.25) is 0 Å². The van der Waals surface area contributed by atoms with E-state index >= 15 is 0 Å². The second-order valence-corrected chi connectivity index (χ2v) is 9.03. The van der Waals surface area contributed by atoms with E-state index in [1.165, 1.54) is 14.0 Å². The Kier molecular flexibility index (Phi) is 7.38. The molecule has 0 spiro atoms. The van der Waals surface area contributed by atoms with Gasteiger partial charge in [0.2, 0.25) is 0 Å². The van der Waals surface area contributed by atoms with Gasteiger partial charge in [-0.05, 0) is 57.3 Å². The van der Waals surface area contributed by atoms with Crippen LogP contribution in [0.25, 0.3) is 10.9 Å². The van der Waals surface area contributed by atoms with Gasteiger partial charge in [-0.15, -0.1) is 0 Å². The van der Waals surface area contributed by atoms with Gasteiger partial charge in [0.25, 0.3) is 0 Å². The van der Waals surface area contributed by atoms with Crippen LogP contribution in [0.5, 0.6) is 11.5 Å². The van der Waals surface area contributed by atoms with Gasteiger partial charge >= 0.3 is 13.7 Å². The molecular weight excluding hydrogens is 417 g/mol. The fraction of sp³-hybridized carbons (Fsp3) is 0.318. The van der Waals surface area contributed by atoms with E-state index in [9.17, 15) is 9.36 Å². The van der Waals surface area contributed by atoms with E-state index in [0.717, 1.165) is 29.4 Å². The Bertz CT molecular complexity index is 1070. The van der Waals surface area contributed by atoms with Gasteiger partial charge in [-0.25, -0.2) is 4.57 Å². The molecule has 1 heterocycles. The molecule has 9 heteroatoms. The van der Waals surface area contributed by atoms with Crippen LogP contribution >= 0.6 is 7.75 Å². The Morgan fingerprint density at radius 2 is 1.87 bits per heavy atom. The lowest BCUT2D eigenvalue weighted by Gasteiger charge is -2.23. The third-order valence-electron chi connectivity index (χ3n) is 4.67. The number of hydrogen-bond donors (Lipinski definition) is 2. The van der Waals surface area contributed by atoms with E-state index in [1.54, 1.807) is 36.4 Å². The topological polar surface area (TPSA) is 92.9 Å². The summed E-state index contributed by atoms with van der Waals surface area (Å²) in [6.07, 6.45) is 2.71. The molecule has 8 nitrogen and oxygen atoms in total. The highest BCUT2D eigenvalue weighted by Gasteiger charge is 2.34. The van der Waals surface area contributed by atoms with E-state index in [1.807, 2.05) is 32.4 Å². The van der Waals surface area contributed by atoms with Crippen molar-refractivity contribution in [2.24, 2.45) is 0 Å². The second kappa shape index (κ2) is 10.0. The number of fused-ring (bicyclic) bond motifs is 1. The summed E-state index contributed by atoms with van der Waals surface area (Å²) in [5.74, 6) is 0.174. The molecule has 0 fully saturated rings. The third kappa shape index (κ3) is 5.88. The number of nitrogens with one attached hydrogen (secondary N) is 2. The number of ether oxygens (including phenoxy) is 1. The van der Waals surface area contributed by atoms with Crippen molar-refractivity contribution >= 4 is 24.6 Å². The van der Waals surface area contributed by atoms with Gasteiger partial charge in [-0.1, -0.05) is 24.3 Å². The number of para-hydroxylation sites is 1. The van der Waals surface area contributed by atoms with Crippen molar-refractivity contribution in [2.75, 3.05) is 27.7 Å². The fourth-order valence-corrected chi connectivity index (χ4v) is 4.66. The minimum atomic E-state index is -4.00. The van der Waals surface area contributed by atoms with Crippen molar-refractivity contribution in [1.29, 1.82) is 0 Å². The number of H-pyrrole nitrogens is 1. The summed E-state index contributed by atoms with van der Waals surface area (Å²) in [4.78, 5) is 17.3. The van der Waals surface area contributed by atoms with Crippen LogP contribution < -0.4 is 14.1 Å². The predicted octanol–water partition coefficient (Wildman–Crippen LogP) is 3.99. The smallest absolute Gasteiger partial charge is 0.468 e. The first-order chi connectivity index (χ1) is 14.8. The van der Waals surface area contributed by atoms with E-state index in [2.05, 4.69) is 15.0 Å². The molecule has 2 N–H and O–H groups in total. The maximum absolute atomic E-state index is 13.7. The number of rotatable bonds is 10. The Morgan fingerprint density at radius 1 is 1.13 bits per heavy atom. The number of hydrogen-bond acceptors (Lipinski definition) is 6. The number of likely N-dealkylation sites (N-methyl/N-ethyl adjacent to an activating group) is 1.